The van der Waals surface area contributed by atoms with E-state index in [0.717, 1.165) is 4.31 Å². The largest absolute Gasteiger partial charge is 0.338 e. The average Bonchev–Trinajstić information content (AvgIpc) is 2.74. The fraction of sp³-hybridized carbons (Fsp3) is 0.333. The van der Waals surface area contributed by atoms with Gasteiger partial charge in [-0.25, -0.2) is 12.7 Å². The zero-order chi connectivity index (χ0) is 21.9. The number of anilines is 1. The van der Waals surface area contributed by atoms with E-state index in [0.29, 0.717) is 25.1 Å². The molecule has 0 aromatic heterocycles. The molecule has 160 valence electrons. The van der Waals surface area contributed by atoms with Gasteiger partial charge in [0.05, 0.1) is 21.4 Å². The zero-order valence-corrected chi connectivity index (χ0v) is 18.4. The fourth-order valence-electron chi connectivity index (χ4n) is 3.35. The van der Waals surface area contributed by atoms with E-state index in [1.54, 1.807) is 17.0 Å². The highest BCUT2D eigenvalue weighted by atomic mass is 35.5. The van der Waals surface area contributed by atoms with Crippen LogP contribution in [0.1, 0.15) is 23.2 Å². The van der Waals surface area contributed by atoms with Crippen molar-refractivity contribution >= 4 is 39.1 Å². The number of para-hydroxylation sites is 1. The Morgan fingerprint density at radius 2 is 1.83 bits per heavy atom. The molecule has 3 rings (SSSR count). The maximum absolute atomic E-state index is 13.1. The molecule has 1 heterocycles. The lowest BCUT2D eigenvalue weighted by Crippen LogP contribution is -2.43. The first-order valence-corrected chi connectivity index (χ1v) is 11.4. The number of nitrogens with zero attached hydrogens (tertiary/aromatic N) is 2. The number of piperidine rings is 1. The molecular weight excluding hydrogens is 426 g/mol. The quantitative estimate of drug-likeness (QED) is 0.759. The van der Waals surface area contributed by atoms with E-state index in [2.05, 4.69) is 5.32 Å². The molecule has 1 saturated heterocycles. The molecule has 1 fully saturated rings. The summed E-state index contributed by atoms with van der Waals surface area (Å²) >= 11 is 6.21. The Morgan fingerprint density at radius 3 is 2.50 bits per heavy atom. The van der Waals surface area contributed by atoms with Crippen molar-refractivity contribution in [2.45, 2.75) is 17.7 Å². The number of sulfonamides is 1. The summed E-state index contributed by atoms with van der Waals surface area (Å²) < 4.78 is 25.9. The third kappa shape index (κ3) is 4.83. The van der Waals surface area contributed by atoms with E-state index in [9.17, 15) is 18.0 Å². The van der Waals surface area contributed by atoms with Gasteiger partial charge in [-0.05, 0) is 43.2 Å². The van der Waals surface area contributed by atoms with Gasteiger partial charge >= 0.3 is 0 Å². The molecule has 0 aliphatic carbocycles. The normalized spacial score (nSPS) is 17.1. The number of amides is 2. The van der Waals surface area contributed by atoms with Crippen LogP contribution in [-0.4, -0.2) is 56.6 Å². The van der Waals surface area contributed by atoms with E-state index in [-0.39, 0.29) is 39.8 Å². The first-order valence-electron chi connectivity index (χ1n) is 9.57. The number of hydrogen-bond donors (Lipinski definition) is 1. The summed E-state index contributed by atoms with van der Waals surface area (Å²) in [6.45, 7) is 0.730. The molecule has 1 N–H and O–H groups in total. The van der Waals surface area contributed by atoms with Gasteiger partial charge in [0.1, 0.15) is 0 Å². The molecule has 0 saturated carbocycles. The lowest BCUT2D eigenvalue weighted by atomic mass is 9.96. The minimum atomic E-state index is -3.70. The van der Waals surface area contributed by atoms with Crippen molar-refractivity contribution < 1.29 is 18.0 Å². The Morgan fingerprint density at radius 1 is 1.13 bits per heavy atom. The fourth-order valence-corrected chi connectivity index (χ4v) is 4.48. The van der Waals surface area contributed by atoms with Crippen LogP contribution in [0.4, 0.5) is 5.69 Å². The molecule has 7 nitrogen and oxygen atoms in total. The van der Waals surface area contributed by atoms with Crippen LogP contribution in [-0.2, 0) is 14.8 Å². The molecule has 0 radical (unpaired) electrons. The Labute approximate surface area is 181 Å². The van der Waals surface area contributed by atoms with E-state index in [4.69, 9.17) is 11.6 Å². The zero-order valence-electron chi connectivity index (χ0n) is 16.8. The number of hydrogen-bond acceptors (Lipinski definition) is 4. The second-order valence-corrected chi connectivity index (χ2v) is 9.93. The minimum Gasteiger partial charge on any atom is -0.338 e. The van der Waals surface area contributed by atoms with Gasteiger partial charge in [0.25, 0.3) is 5.91 Å². The number of halogens is 1. The molecule has 1 atom stereocenters. The molecule has 0 unspecified atom stereocenters. The van der Waals surface area contributed by atoms with Gasteiger partial charge in [0.2, 0.25) is 15.9 Å². The predicted molar refractivity (Wildman–Crippen MR) is 116 cm³/mol. The summed E-state index contributed by atoms with van der Waals surface area (Å²) in [5.74, 6) is -0.878. The van der Waals surface area contributed by atoms with Gasteiger partial charge in [0.15, 0.2) is 0 Å². The Kier molecular flexibility index (Phi) is 6.80. The molecule has 2 aromatic rings. The highest BCUT2D eigenvalue weighted by molar-refractivity contribution is 7.89. The highest BCUT2D eigenvalue weighted by Crippen LogP contribution is 2.26. The van der Waals surface area contributed by atoms with Crippen molar-refractivity contribution in [2.75, 3.05) is 32.5 Å². The minimum absolute atomic E-state index is 0.00405. The molecule has 2 amide bonds. The van der Waals surface area contributed by atoms with Gasteiger partial charge in [-0.2, -0.15) is 0 Å². The van der Waals surface area contributed by atoms with Crippen LogP contribution < -0.4 is 5.32 Å². The second kappa shape index (κ2) is 9.16. The van der Waals surface area contributed by atoms with Crippen molar-refractivity contribution in [1.82, 2.24) is 9.21 Å². The number of carbonyl (C=O) groups is 2. The molecule has 1 aliphatic heterocycles. The Hall–Kier alpha value is -2.42. The van der Waals surface area contributed by atoms with E-state index >= 15 is 0 Å². The van der Waals surface area contributed by atoms with Gasteiger partial charge in [-0.3, -0.25) is 9.59 Å². The maximum atomic E-state index is 13.1. The van der Waals surface area contributed by atoms with Gasteiger partial charge < -0.3 is 10.2 Å². The SMILES string of the molecule is CN(C)S(=O)(=O)c1ccc(Cl)c(C(=O)N2CCC[C@@H](C(=O)Nc3ccccc3)C2)c1. The van der Waals surface area contributed by atoms with Crippen LogP contribution in [0.2, 0.25) is 5.02 Å². The summed E-state index contributed by atoms with van der Waals surface area (Å²) in [5.41, 5.74) is 0.819. The number of benzene rings is 2. The van der Waals surface area contributed by atoms with Gasteiger partial charge in [0, 0.05) is 32.9 Å². The first-order chi connectivity index (χ1) is 14.2. The Balaban J connectivity index is 1.77. The van der Waals surface area contributed by atoms with Crippen molar-refractivity contribution in [3.05, 3.63) is 59.1 Å². The molecule has 0 bridgehead atoms. The summed E-state index contributed by atoms with van der Waals surface area (Å²) in [5, 5.41) is 3.05. The lowest BCUT2D eigenvalue weighted by molar-refractivity contribution is -0.121. The van der Waals surface area contributed by atoms with Crippen molar-refractivity contribution in [1.29, 1.82) is 0 Å². The van der Waals surface area contributed by atoms with E-state index in [1.807, 2.05) is 18.2 Å². The third-order valence-corrected chi connectivity index (χ3v) is 7.21. The second-order valence-electron chi connectivity index (χ2n) is 7.37. The topological polar surface area (TPSA) is 86.8 Å². The van der Waals surface area contributed by atoms with E-state index in [1.165, 1.54) is 32.3 Å². The first kappa shape index (κ1) is 22.3. The Bertz CT molecular complexity index is 1040. The lowest BCUT2D eigenvalue weighted by Gasteiger charge is -2.32. The van der Waals surface area contributed by atoms with Crippen molar-refractivity contribution in [3.8, 4) is 0 Å². The standard InChI is InChI=1S/C21H24ClN3O4S/c1-24(2)30(28,29)17-10-11-19(22)18(13-17)21(27)25-12-6-7-15(14-25)20(26)23-16-8-4-3-5-9-16/h3-5,8-11,13,15H,6-7,12,14H2,1-2H3,(H,23,26)/t15-/m1/s1. The number of likely N-dealkylation sites (tertiary alicyclic amines) is 1. The van der Waals surface area contributed by atoms with Crippen LogP contribution in [0.15, 0.2) is 53.4 Å². The third-order valence-electron chi connectivity index (χ3n) is 5.07. The van der Waals surface area contributed by atoms with Crippen LogP contribution >= 0.6 is 11.6 Å². The summed E-state index contributed by atoms with van der Waals surface area (Å²) in [4.78, 5) is 27.3. The molecule has 0 spiro atoms. The molecule has 30 heavy (non-hydrogen) atoms. The van der Waals surface area contributed by atoms with Gasteiger partial charge in [-0.1, -0.05) is 29.8 Å². The summed E-state index contributed by atoms with van der Waals surface area (Å²) in [6, 6.07) is 13.2. The van der Waals surface area contributed by atoms with Gasteiger partial charge in [-0.15, -0.1) is 0 Å². The summed E-state index contributed by atoms with van der Waals surface area (Å²) in [6.07, 6.45) is 1.34. The predicted octanol–water partition coefficient (Wildman–Crippen LogP) is 3.08. The van der Waals surface area contributed by atoms with Crippen LogP contribution in [0.5, 0.6) is 0 Å². The smallest absolute Gasteiger partial charge is 0.255 e. The molecular formula is C21H24ClN3O4S. The summed E-state index contributed by atoms with van der Waals surface area (Å²) in [7, 11) is -0.854. The van der Waals surface area contributed by atoms with Crippen LogP contribution in [0.3, 0.4) is 0 Å². The van der Waals surface area contributed by atoms with Crippen LogP contribution in [0, 0.1) is 5.92 Å². The average molecular weight is 450 g/mol. The van der Waals surface area contributed by atoms with Crippen LogP contribution in [0.25, 0.3) is 0 Å². The number of rotatable bonds is 5. The van der Waals surface area contributed by atoms with Crippen molar-refractivity contribution in [2.24, 2.45) is 5.92 Å². The van der Waals surface area contributed by atoms with E-state index < -0.39 is 10.0 Å². The number of carbonyl (C=O) groups excluding carboxylic acids is 2. The monoisotopic (exact) mass is 449 g/mol. The highest BCUT2D eigenvalue weighted by Gasteiger charge is 2.30. The molecule has 1 aliphatic rings. The molecule has 2 aromatic carbocycles. The number of nitrogens with one attached hydrogen (secondary N) is 1. The van der Waals surface area contributed by atoms with Crippen molar-refractivity contribution in [3.63, 3.8) is 0 Å². The molecule has 9 heteroatoms. The maximum Gasteiger partial charge on any atom is 0.255 e.